The van der Waals surface area contributed by atoms with Crippen LogP contribution in [0.25, 0.3) is 11.1 Å². The molecule has 1 aromatic heterocycles. The third-order valence-corrected chi connectivity index (χ3v) is 2.01. The Kier molecular flexibility index (Phi) is 1.99. The standard InChI is InChI=1S/C10H8ClNO/c11-9-3-1-2-7(4-9)8-5-10(12)13-6-8/h1-6H,12H2. The maximum absolute atomic E-state index is 5.84. The minimum Gasteiger partial charge on any atom is -0.449 e. The number of nitrogen functional groups attached to an aromatic ring is 1. The van der Waals surface area contributed by atoms with Crippen molar-refractivity contribution < 1.29 is 4.42 Å². The van der Waals surface area contributed by atoms with Gasteiger partial charge in [-0.1, -0.05) is 23.7 Å². The molecule has 0 fully saturated rings. The van der Waals surface area contributed by atoms with Gasteiger partial charge in [0, 0.05) is 16.7 Å². The van der Waals surface area contributed by atoms with E-state index in [4.69, 9.17) is 21.8 Å². The monoisotopic (exact) mass is 193 g/mol. The van der Waals surface area contributed by atoms with Crippen molar-refractivity contribution in [3.8, 4) is 11.1 Å². The molecule has 0 aliphatic carbocycles. The Morgan fingerprint density at radius 2 is 2.00 bits per heavy atom. The van der Waals surface area contributed by atoms with Crippen molar-refractivity contribution in [2.24, 2.45) is 0 Å². The summed E-state index contributed by atoms with van der Waals surface area (Å²) in [6.07, 6.45) is 1.61. The summed E-state index contributed by atoms with van der Waals surface area (Å²) in [6.45, 7) is 0. The number of benzene rings is 1. The second-order valence-corrected chi connectivity index (χ2v) is 3.18. The first-order valence-electron chi connectivity index (χ1n) is 3.85. The Morgan fingerprint density at radius 3 is 2.62 bits per heavy atom. The van der Waals surface area contributed by atoms with E-state index in [1.807, 2.05) is 24.3 Å². The minimum atomic E-state index is 0.412. The lowest BCUT2D eigenvalue weighted by Gasteiger charge is -1.95. The van der Waals surface area contributed by atoms with Crippen molar-refractivity contribution in [3.05, 3.63) is 41.6 Å². The van der Waals surface area contributed by atoms with Gasteiger partial charge in [-0.2, -0.15) is 0 Å². The third kappa shape index (κ3) is 1.68. The van der Waals surface area contributed by atoms with E-state index in [2.05, 4.69) is 0 Å². The van der Waals surface area contributed by atoms with Crippen LogP contribution in [0.5, 0.6) is 0 Å². The lowest BCUT2D eigenvalue weighted by atomic mass is 10.1. The summed E-state index contributed by atoms with van der Waals surface area (Å²) in [6, 6.07) is 9.31. The van der Waals surface area contributed by atoms with E-state index < -0.39 is 0 Å². The molecule has 1 aromatic carbocycles. The van der Waals surface area contributed by atoms with E-state index in [1.54, 1.807) is 12.3 Å². The maximum atomic E-state index is 5.84. The number of furan rings is 1. The van der Waals surface area contributed by atoms with Crippen LogP contribution < -0.4 is 5.73 Å². The molecular weight excluding hydrogens is 186 g/mol. The Balaban J connectivity index is 2.46. The molecule has 0 bridgehead atoms. The van der Waals surface area contributed by atoms with Crippen molar-refractivity contribution in [1.29, 1.82) is 0 Å². The van der Waals surface area contributed by atoms with Crippen molar-refractivity contribution in [3.63, 3.8) is 0 Å². The highest BCUT2D eigenvalue weighted by atomic mass is 35.5. The predicted octanol–water partition coefficient (Wildman–Crippen LogP) is 3.18. The number of anilines is 1. The topological polar surface area (TPSA) is 39.2 Å². The van der Waals surface area contributed by atoms with Crippen LogP contribution in [0.4, 0.5) is 5.88 Å². The predicted molar refractivity (Wildman–Crippen MR) is 53.6 cm³/mol. The molecule has 0 amide bonds. The van der Waals surface area contributed by atoms with Crippen LogP contribution in [-0.2, 0) is 0 Å². The molecule has 2 nitrogen and oxygen atoms in total. The largest absolute Gasteiger partial charge is 0.449 e. The van der Waals surface area contributed by atoms with Crippen LogP contribution in [0.2, 0.25) is 5.02 Å². The van der Waals surface area contributed by atoms with Crippen LogP contribution in [0.15, 0.2) is 41.0 Å². The molecule has 0 saturated carbocycles. The second-order valence-electron chi connectivity index (χ2n) is 2.75. The molecule has 0 spiro atoms. The Morgan fingerprint density at radius 1 is 1.15 bits per heavy atom. The van der Waals surface area contributed by atoms with Gasteiger partial charge in [0.1, 0.15) is 6.26 Å². The fourth-order valence-corrected chi connectivity index (χ4v) is 1.36. The van der Waals surface area contributed by atoms with E-state index in [-0.39, 0.29) is 0 Å². The van der Waals surface area contributed by atoms with Gasteiger partial charge in [0.05, 0.1) is 0 Å². The van der Waals surface area contributed by atoms with Crippen LogP contribution in [0.1, 0.15) is 0 Å². The fraction of sp³-hybridized carbons (Fsp3) is 0. The second kappa shape index (κ2) is 3.15. The molecule has 66 valence electrons. The lowest BCUT2D eigenvalue weighted by Crippen LogP contribution is -1.76. The molecular formula is C10H8ClNO. The van der Waals surface area contributed by atoms with Crippen molar-refractivity contribution in [1.82, 2.24) is 0 Å². The molecule has 0 aliphatic heterocycles. The first-order chi connectivity index (χ1) is 6.25. The number of nitrogens with two attached hydrogens (primary N) is 1. The van der Waals surface area contributed by atoms with E-state index in [1.165, 1.54) is 0 Å². The molecule has 2 rings (SSSR count). The fourth-order valence-electron chi connectivity index (χ4n) is 1.17. The molecule has 0 radical (unpaired) electrons. The number of rotatable bonds is 1. The molecule has 0 aliphatic rings. The zero-order valence-electron chi connectivity index (χ0n) is 6.83. The molecule has 2 aromatic rings. The van der Waals surface area contributed by atoms with Gasteiger partial charge in [0.25, 0.3) is 0 Å². The smallest absolute Gasteiger partial charge is 0.190 e. The normalized spacial score (nSPS) is 10.2. The van der Waals surface area contributed by atoms with Crippen LogP contribution in [0.3, 0.4) is 0 Å². The Hall–Kier alpha value is -1.41. The third-order valence-electron chi connectivity index (χ3n) is 1.78. The van der Waals surface area contributed by atoms with Gasteiger partial charge in [-0.05, 0) is 17.7 Å². The van der Waals surface area contributed by atoms with E-state index >= 15 is 0 Å². The minimum absolute atomic E-state index is 0.412. The highest BCUT2D eigenvalue weighted by Crippen LogP contribution is 2.25. The summed E-state index contributed by atoms with van der Waals surface area (Å²) < 4.78 is 4.99. The zero-order chi connectivity index (χ0) is 9.26. The summed E-state index contributed by atoms with van der Waals surface area (Å²) in [5.41, 5.74) is 7.41. The Bertz CT molecular complexity index is 422. The number of halogens is 1. The molecule has 2 N–H and O–H groups in total. The van der Waals surface area contributed by atoms with Crippen molar-refractivity contribution >= 4 is 17.5 Å². The number of hydrogen-bond acceptors (Lipinski definition) is 2. The van der Waals surface area contributed by atoms with Gasteiger partial charge in [0.15, 0.2) is 5.88 Å². The molecule has 3 heteroatoms. The molecule has 0 unspecified atom stereocenters. The summed E-state index contributed by atoms with van der Waals surface area (Å²) in [4.78, 5) is 0. The quantitative estimate of drug-likeness (QED) is 0.756. The zero-order valence-corrected chi connectivity index (χ0v) is 7.58. The first-order valence-corrected chi connectivity index (χ1v) is 4.23. The SMILES string of the molecule is Nc1cc(-c2cccc(Cl)c2)co1. The molecule has 1 heterocycles. The van der Waals surface area contributed by atoms with Crippen LogP contribution in [0, 0.1) is 0 Å². The van der Waals surface area contributed by atoms with Crippen LogP contribution >= 0.6 is 11.6 Å². The van der Waals surface area contributed by atoms with Crippen LogP contribution in [-0.4, -0.2) is 0 Å². The van der Waals surface area contributed by atoms with Crippen molar-refractivity contribution in [2.75, 3.05) is 5.73 Å². The summed E-state index contributed by atoms with van der Waals surface area (Å²) in [7, 11) is 0. The number of hydrogen-bond donors (Lipinski definition) is 1. The van der Waals surface area contributed by atoms with Gasteiger partial charge < -0.3 is 10.2 Å². The lowest BCUT2D eigenvalue weighted by molar-refractivity contribution is 0.588. The maximum Gasteiger partial charge on any atom is 0.190 e. The summed E-state index contributed by atoms with van der Waals surface area (Å²) in [5, 5.41) is 0.706. The van der Waals surface area contributed by atoms with Crippen molar-refractivity contribution in [2.45, 2.75) is 0 Å². The van der Waals surface area contributed by atoms with Gasteiger partial charge >= 0.3 is 0 Å². The van der Waals surface area contributed by atoms with E-state index in [9.17, 15) is 0 Å². The van der Waals surface area contributed by atoms with Gasteiger partial charge in [0.2, 0.25) is 0 Å². The van der Waals surface area contributed by atoms with E-state index in [0.29, 0.717) is 10.9 Å². The highest BCUT2D eigenvalue weighted by Gasteiger charge is 2.01. The molecule has 0 saturated heterocycles. The average molecular weight is 194 g/mol. The Labute approximate surface area is 80.9 Å². The highest BCUT2D eigenvalue weighted by molar-refractivity contribution is 6.30. The van der Waals surface area contributed by atoms with Gasteiger partial charge in [-0.3, -0.25) is 0 Å². The first kappa shape index (κ1) is 8.20. The average Bonchev–Trinajstić information content (AvgIpc) is 2.52. The summed E-state index contributed by atoms with van der Waals surface area (Å²) in [5.74, 6) is 0.412. The van der Waals surface area contributed by atoms with Gasteiger partial charge in [-0.25, -0.2) is 0 Å². The molecule has 0 atom stereocenters. The summed E-state index contributed by atoms with van der Waals surface area (Å²) >= 11 is 5.84. The van der Waals surface area contributed by atoms with E-state index in [0.717, 1.165) is 11.1 Å². The molecule has 13 heavy (non-hydrogen) atoms. The van der Waals surface area contributed by atoms with Gasteiger partial charge in [-0.15, -0.1) is 0 Å².